The van der Waals surface area contributed by atoms with Gasteiger partial charge in [-0.15, -0.1) is 0 Å². The van der Waals surface area contributed by atoms with Gasteiger partial charge in [-0.3, -0.25) is 0 Å². The van der Waals surface area contributed by atoms with Crippen LogP contribution in [-0.2, 0) is 7.05 Å². The lowest BCUT2D eigenvalue weighted by Gasteiger charge is -2.25. The van der Waals surface area contributed by atoms with Gasteiger partial charge in [0.15, 0.2) is 0 Å². The quantitative estimate of drug-likeness (QED) is 0.200. The second kappa shape index (κ2) is 8.49. The van der Waals surface area contributed by atoms with Crippen LogP contribution in [0.2, 0.25) is 0 Å². The molecule has 0 saturated carbocycles. The van der Waals surface area contributed by atoms with E-state index in [4.69, 9.17) is 0 Å². The van der Waals surface area contributed by atoms with Gasteiger partial charge in [0, 0.05) is 34.8 Å². The minimum absolute atomic E-state index is 1.14. The first kappa shape index (κ1) is 20.2. The highest BCUT2D eigenvalue weighted by Crippen LogP contribution is 2.38. The van der Waals surface area contributed by atoms with Gasteiger partial charge >= 0.3 is 0 Å². The molecule has 0 atom stereocenters. The zero-order valence-corrected chi connectivity index (χ0v) is 19.1. The molecule has 0 radical (unpaired) electrons. The molecule has 162 valence electrons. The highest BCUT2D eigenvalue weighted by Gasteiger charge is 2.19. The highest BCUT2D eigenvalue weighted by molar-refractivity contribution is 6.07. The Balaban J connectivity index is 1.54. The third kappa shape index (κ3) is 3.41. The number of anilines is 3. The van der Waals surface area contributed by atoms with Crippen molar-refractivity contribution in [2.75, 3.05) is 4.90 Å². The molecule has 0 aliphatic rings. The van der Waals surface area contributed by atoms with Gasteiger partial charge in [0.05, 0.1) is 10.8 Å². The number of pyridine rings is 1. The summed E-state index contributed by atoms with van der Waals surface area (Å²) in [6.07, 6.45) is 0. The van der Waals surface area contributed by atoms with Crippen molar-refractivity contribution in [2.45, 2.75) is 0 Å². The number of hydrogen-bond acceptors (Lipinski definition) is 1. The molecule has 6 aromatic rings. The summed E-state index contributed by atoms with van der Waals surface area (Å²) >= 11 is 0. The minimum Gasteiger partial charge on any atom is -0.311 e. The fourth-order valence-electron chi connectivity index (χ4n) is 4.92. The SMILES string of the molecule is C[n+]1c2ccccc2c(-c2ccc(N(c3ccccc3)c3ccccc3)cc2)c2ccccc21. The molecule has 0 amide bonds. The predicted octanol–water partition coefficient (Wildman–Crippen LogP) is 7.95. The Morgan fingerprint density at radius 2 is 0.853 bits per heavy atom. The van der Waals surface area contributed by atoms with Gasteiger partial charge in [0.1, 0.15) is 7.05 Å². The Morgan fingerprint density at radius 3 is 1.35 bits per heavy atom. The second-order valence-corrected chi connectivity index (χ2v) is 8.52. The van der Waals surface area contributed by atoms with Gasteiger partial charge in [-0.05, 0) is 54.1 Å². The molecule has 0 aliphatic heterocycles. The van der Waals surface area contributed by atoms with E-state index in [2.05, 4.69) is 150 Å². The zero-order valence-electron chi connectivity index (χ0n) is 19.1. The van der Waals surface area contributed by atoms with E-state index in [-0.39, 0.29) is 0 Å². The van der Waals surface area contributed by atoms with E-state index in [9.17, 15) is 0 Å². The topological polar surface area (TPSA) is 7.12 Å². The van der Waals surface area contributed by atoms with Crippen LogP contribution in [0.25, 0.3) is 32.9 Å². The minimum atomic E-state index is 1.14. The number of rotatable bonds is 4. The Morgan fingerprint density at radius 1 is 0.441 bits per heavy atom. The van der Waals surface area contributed by atoms with Crippen LogP contribution >= 0.6 is 0 Å². The summed E-state index contributed by atoms with van der Waals surface area (Å²) in [6, 6.07) is 47.4. The molecule has 1 aromatic heterocycles. The molecular formula is C32H25N2+. The number of benzene rings is 5. The van der Waals surface area contributed by atoms with Crippen LogP contribution in [0.4, 0.5) is 17.1 Å². The molecule has 2 nitrogen and oxygen atoms in total. The molecule has 34 heavy (non-hydrogen) atoms. The third-order valence-corrected chi connectivity index (χ3v) is 6.51. The average Bonchev–Trinajstić information content (AvgIpc) is 2.91. The smallest absolute Gasteiger partial charge is 0.213 e. The molecule has 2 heteroatoms. The monoisotopic (exact) mass is 437 g/mol. The van der Waals surface area contributed by atoms with E-state index in [1.807, 2.05) is 0 Å². The first-order chi connectivity index (χ1) is 16.8. The van der Waals surface area contributed by atoms with Crippen LogP contribution in [0, 0.1) is 0 Å². The maximum absolute atomic E-state index is 2.30. The second-order valence-electron chi connectivity index (χ2n) is 8.52. The summed E-state index contributed by atoms with van der Waals surface area (Å²) in [5.41, 5.74) is 8.38. The van der Waals surface area contributed by atoms with Gasteiger partial charge < -0.3 is 4.90 Å². The van der Waals surface area contributed by atoms with Gasteiger partial charge in [0.2, 0.25) is 11.0 Å². The lowest BCUT2D eigenvalue weighted by molar-refractivity contribution is -0.617. The van der Waals surface area contributed by atoms with Crippen molar-refractivity contribution < 1.29 is 4.57 Å². The third-order valence-electron chi connectivity index (χ3n) is 6.51. The lowest BCUT2D eigenvalue weighted by Crippen LogP contribution is -2.30. The number of fused-ring (bicyclic) bond motifs is 2. The van der Waals surface area contributed by atoms with Crippen molar-refractivity contribution in [3.05, 3.63) is 133 Å². The van der Waals surface area contributed by atoms with E-state index in [1.54, 1.807) is 0 Å². The summed E-state index contributed by atoms with van der Waals surface area (Å²) in [6.45, 7) is 0. The van der Waals surface area contributed by atoms with Crippen molar-refractivity contribution in [1.29, 1.82) is 0 Å². The Kier molecular flexibility index (Phi) is 5.04. The van der Waals surface area contributed by atoms with Crippen molar-refractivity contribution in [1.82, 2.24) is 0 Å². The molecule has 0 N–H and O–H groups in total. The van der Waals surface area contributed by atoms with E-state index < -0.39 is 0 Å². The number of para-hydroxylation sites is 4. The summed E-state index contributed by atoms with van der Waals surface area (Å²) in [7, 11) is 2.15. The summed E-state index contributed by atoms with van der Waals surface area (Å²) in [5.74, 6) is 0. The van der Waals surface area contributed by atoms with Crippen LogP contribution in [0.5, 0.6) is 0 Å². The van der Waals surface area contributed by atoms with Crippen molar-refractivity contribution in [3.8, 4) is 11.1 Å². The van der Waals surface area contributed by atoms with Crippen LogP contribution in [-0.4, -0.2) is 0 Å². The molecule has 0 bridgehead atoms. The normalized spacial score (nSPS) is 11.1. The van der Waals surface area contributed by atoms with Gasteiger partial charge in [-0.1, -0.05) is 72.8 Å². The number of aryl methyl sites for hydroxylation is 1. The Labute approximate surface area is 200 Å². The first-order valence-electron chi connectivity index (χ1n) is 11.6. The molecule has 0 fully saturated rings. The number of aromatic nitrogens is 1. The summed E-state index contributed by atoms with van der Waals surface area (Å²) < 4.78 is 2.29. The largest absolute Gasteiger partial charge is 0.311 e. The fourth-order valence-corrected chi connectivity index (χ4v) is 4.92. The van der Waals surface area contributed by atoms with Crippen molar-refractivity contribution >= 4 is 38.9 Å². The van der Waals surface area contributed by atoms with Gasteiger partial charge in [0.25, 0.3) is 0 Å². The standard InChI is InChI=1S/C32H25N2/c1-33-30-18-10-8-16-28(30)32(29-17-9-11-19-31(29)33)24-20-22-27(23-21-24)34(25-12-4-2-5-13-25)26-14-6-3-7-15-26/h2-23H,1H3/q+1. The molecule has 1 heterocycles. The fraction of sp³-hybridized carbons (Fsp3) is 0.0312. The maximum Gasteiger partial charge on any atom is 0.213 e. The van der Waals surface area contributed by atoms with E-state index in [0.29, 0.717) is 0 Å². The first-order valence-corrected chi connectivity index (χ1v) is 11.6. The molecule has 6 rings (SSSR count). The number of nitrogens with zero attached hydrogens (tertiary/aromatic N) is 2. The lowest BCUT2D eigenvalue weighted by atomic mass is 9.95. The van der Waals surface area contributed by atoms with Crippen LogP contribution in [0.1, 0.15) is 0 Å². The van der Waals surface area contributed by atoms with E-state index in [1.165, 1.54) is 32.9 Å². The van der Waals surface area contributed by atoms with Crippen molar-refractivity contribution in [2.24, 2.45) is 7.05 Å². The summed E-state index contributed by atoms with van der Waals surface area (Å²) in [5, 5.41) is 2.53. The van der Waals surface area contributed by atoms with Gasteiger partial charge in [-0.2, -0.15) is 4.57 Å². The van der Waals surface area contributed by atoms with E-state index >= 15 is 0 Å². The molecule has 0 unspecified atom stereocenters. The Bertz CT molecular complexity index is 1490. The zero-order chi connectivity index (χ0) is 22.9. The predicted molar refractivity (Wildman–Crippen MR) is 143 cm³/mol. The van der Waals surface area contributed by atoms with E-state index in [0.717, 1.165) is 17.1 Å². The average molecular weight is 438 g/mol. The molecule has 0 saturated heterocycles. The summed E-state index contributed by atoms with van der Waals surface area (Å²) in [4.78, 5) is 2.30. The maximum atomic E-state index is 2.30. The molecule has 5 aromatic carbocycles. The van der Waals surface area contributed by atoms with Crippen molar-refractivity contribution in [3.63, 3.8) is 0 Å². The Hall–Kier alpha value is -4.43. The molecular weight excluding hydrogens is 412 g/mol. The highest BCUT2D eigenvalue weighted by atomic mass is 15.1. The molecule has 0 aliphatic carbocycles. The van der Waals surface area contributed by atoms with Crippen LogP contribution < -0.4 is 9.47 Å². The number of hydrogen-bond donors (Lipinski definition) is 0. The van der Waals surface area contributed by atoms with Crippen LogP contribution in [0.15, 0.2) is 133 Å². The van der Waals surface area contributed by atoms with Gasteiger partial charge in [-0.25, -0.2) is 0 Å². The molecule has 0 spiro atoms. The van der Waals surface area contributed by atoms with Crippen LogP contribution in [0.3, 0.4) is 0 Å².